The molecule has 3 heteroatoms. The van der Waals surface area contributed by atoms with Gasteiger partial charge in [0.1, 0.15) is 5.78 Å². The quantitative estimate of drug-likeness (QED) is 0.785. The minimum atomic E-state index is 0.434. The van der Waals surface area contributed by atoms with Crippen molar-refractivity contribution in [2.75, 3.05) is 7.05 Å². The number of rotatable bonds is 3. The van der Waals surface area contributed by atoms with Crippen LogP contribution in [0.2, 0.25) is 0 Å². The minimum absolute atomic E-state index is 0.434. The maximum absolute atomic E-state index is 11.4. The van der Waals surface area contributed by atoms with Gasteiger partial charge in [-0.05, 0) is 42.3 Å². The average molecular weight is 223 g/mol. The Kier molecular flexibility index (Phi) is 3.54. The van der Waals surface area contributed by atoms with Gasteiger partial charge >= 0.3 is 0 Å². The second-order valence-electron chi connectivity index (χ2n) is 4.34. The van der Waals surface area contributed by atoms with Crippen molar-refractivity contribution >= 4 is 17.1 Å². The third kappa shape index (κ3) is 2.89. The lowest BCUT2D eigenvalue weighted by Gasteiger charge is -2.30. The second-order valence-corrected chi connectivity index (χ2v) is 5.12. The Labute approximate surface area is 94.9 Å². The number of hydrogen-bond donors (Lipinski definition) is 0. The topological polar surface area (TPSA) is 20.3 Å². The van der Waals surface area contributed by atoms with Crippen molar-refractivity contribution < 1.29 is 4.79 Å². The van der Waals surface area contributed by atoms with Crippen molar-refractivity contribution in [3.63, 3.8) is 0 Å². The van der Waals surface area contributed by atoms with Crippen LogP contribution in [0, 0.1) is 0 Å². The summed E-state index contributed by atoms with van der Waals surface area (Å²) in [4.78, 5) is 13.7. The second kappa shape index (κ2) is 4.90. The molecule has 0 aliphatic heterocycles. The monoisotopic (exact) mass is 223 g/mol. The Morgan fingerprint density at radius 2 is 2.47 bits per heavy atom. The molecule has 0 bridgehead atoms. The van der Waals surface area contributed by atoms with E-state index in [0.29, 0.717) is 11.8 Å². The third-order valence-electron chi connectivity index (χ3n) is 3.09. The van der Waals surface area contributed by atoms with Crippen molar-refractivity contribution in [3.8, 4) is 0 Å². The van der Waals surface area contributed by atoms with Gasteiger partial charge in [-0.15, -0.1) is 0 Å². The summed E-state index contributed by atoms with van der Waals surface area (Å²) in [5, 5.41) is 4.29. The number of Topliss-reactive ketones (excluding diaryl/α,β-unsaturated/α-hetero) is 1. The highest BCUT2D eigenvalue weighted by Crippen LogP contribution is 2.21. The standard InChI is InChI=1S/C12H17NOS/c1-13(8-10-5-6-15-9-10)11-3-2-4-12(14)7-11/h5-6,9,11H,2-4,7-8H2,1H3. The minimum Gasteiger partial charge on any atom is -0.300 e. The Bertz CT molecular complexity index is 320. The summed E-state index contributed by atoms with van der Waals surface area (Å²) in [5.74, 6) is 0.434. The molecule has 1 heterocycles. The van der Waals surface area contributed by atoms with Crippen LogP contribution in [0.4, 0.5) is 0 Å². The molecule has 1 aromatic rings. The first-order valence-electron chi connectivity index (χ1n) is 5.49. The molecular formula is C12H17NOS. The molecule has 1 saturated carbocycles. The third-order valence-corrected chi connectivity index (χ3v) is 3.82. The fourth-order valence-corrected chi connectivity index (χ4v) is 2.84. The molecule has 0 saturated heterocycles. The van der Waals surface area contributed by atoms with Gasteiger partial charge in [-0.25, -0.2) is 0 Å². The SMILES string of the molecule is CN(Cc1ccsc1)C1CCCC(=O)C1. The summed E-state index contributed by atoms with van der Waals surface area (Å²) >= 11 is 1.74. The molecule has 82 valence electrons. The molecule has 0 amide bonds. The Morgan fingerprint density at radius 1 is 1.60 bits per heavy atom. The van der Waals surface area contributed by atoms with E-state index in [1.54, 1.807) is 11.3 Å². The van der Waals surface area contributed by atoms with Gasteiger partial charge in [-0.2, -0.15) is 11.3 Å². The fraction of sp³-hybridized carbons (Fsp3) is 0.583. The van der Waals surface area contributed by atoms with Crippen LogP contribution in [-0.2, 0) is 11.3 Å². The number of hydrogen-bond acceptors (Lipinski definition) is 3. The lowest BCUT2D eigenvalue weighted by molar-refractivity contribution is -0.121. The maximum Gasteiger partial charge on any atom is 0.134 e. The summed E-state index contributed by atoms with van der Waals surface area (Å²) in [7, 11) is 2.13. The molecule has 1 fully saturated rings. The molecule has 1 aromatic heterocycles. The van der Waals surface area contributed by atoms with E-state index in [1.807, 2.05) is 0 Å². The Balaban J connectivity index is 1.90. The average Bonchev–Trinajstić information content (AvgIpc) is 2.70. The van der Waals surface area contributed by atoms with Crippen LogP contribution >= 0.6 is 11.3 Å². The maximum atomic E-state index is 11.4. The van der Waals surface area contributed by atoms with E-state index in [9.17, 15) is 4.79 Å². The van der Waals surface area contributed by atoms with Gasteiger partial charge in [0.25, 0.3) is 0 Å². The van der Waals surface area contributed by atoms with Gasteiger partial charge in [-0.1, -0.05) is 0 Å². The smallest absolute Gasteiger partial charge is 0.134 e. The molecular weight excluding hydrogens is 206 g/mol. The molecule has 15 heavy (non-hydrogen) atoms. The van der Waals surface area contributed by atoms with Crippen molar-refractivity contribution in [1.29, 1.82) is 0 Å². The summed E-state index contributed by atoms with van der Waals surface area (Å²) < 4.78 is 0. The van der Waals surface area contributed by atoms with Crippen LogP contribution in [0.15, 0.2) is 16.8 Å². The molecule has 1 aliphatic carbocycles. The zero-order valence-electron chi connectivity index (χ0n) is 9.11. The number of nitrogens with zero attached hydrogens (tertiary/aromatic N) is 1. The zero-order chi connectivity index (χ0) is 10.7. The molecule has 0 spiro atoms. The van der Waals surface area contributed by atoms with E-state index in [0.717, 1.165) is 25.8 Å². The number of carbonyl (C=O) groups is 1. The molecule has 2 nitrogen and oxygen atoms in total. The van der Waals surface area contributed by atoms with E-state index in [2.05, 4.69) is 28.8 Å². The van der Waals surface area contributed by atoms with Crippen molar-refractivity contribution in [2.45, 2.75) is 38.3 Å². The van der Waals surface area contributed by atoms with Crippen molar-refractivity contribution in [3.05, 3.63) is 22.4 Å². The van der Waals surface area contributed by atoms with E-state index >= 15 is 0 Å². The lowest BCUT2D eigenvalue weighted by atomic mass is 9.93. The van der Waals surface area contributed by atoms with Crippen LogP contribution in [0.5, 0.6) is 0 Å². The van der Waals surface area contributed by atoms with Crippen molar-refractivity contribution in [1.82, 2.24) is 4.90 Å². The van der Waals surface area contributed by atoms with E-state index in [-0.39, 0.29) is 0 Å². The number of ketones is 1. The molecule has 1 aliphatic rings. The zero-order valence-corrected chi connectivity index (χ0v) is 9.93. The van der Waals surface area contributed by atoms with E-state index < -0.39 is 0 Å². The molecule has 0 aromatic carbocycles. The van der Waals surface area contributed by atoms with Gasteiger partial charge in [0, 0.05) is 25.4 Å². The lowest BCUT2D eigenvalue weighted by Crippen LogP contribution is -2.35. The van der Waals surface area contributed by atoms with Gasteiger partial charge in [0.05, 0.1) is 0 Å². The van der Waals surface area contributed by atoms with Crippen LogP contribution < -0.4 is 0 Å². The first-order chi connectivity index (χ1) is 7.25. The van der Waals surface area contributed by atoms with Gasteiger partial charge in [0.15, 0.2) is 0 Å². The summed E-state index contributed by atoms with van der Waals surface area (Å²) in [5.41, 5.74) is 1.36. The Hall–Kier alpha value is -0.670. The molecule has 1 unspecified atom stereocenters. The summed E-state index contributed by atoms with van der Waals surface area (Å²) in [6.45, 7) is 0.974. The van der Waals surface area contributed by atoms with Crippen LogP contribution in [-0.4, -0.2) is 23.8 Å². The largest absolute Gasteiger partial charge is 0.300 e. The molecule has 1 atom stereocenters. The first kappa shape index (κ1) is 10.8. The fourth-order valence-electron chi connectivity index (χ4n) is 2.18. The summed E-state index contributed by atoms with van der Waals surface area (Å²) in [6, 6.07) is 2.62. The van der Waals surface area contributed by atoms with E-state index in [1.165, 1.54) is 12.0 Å². The number of carbonyl (C=O) groups excluding carboxylic acids is 1. The highest BCUT2D eigenvalue weighted by molar-refractivity contribution is 7.07. The van der Waals surface area contributed by atoms with Gasteiger partial charge in [-0.3, -0.25) is 9.69 Å². The molecule has 2 rings (SSSR count). The number of thiophene rings is 1. The van der Waals surface area contributed by atoms with Crippen LogP contribution in [0.1, 0.15) is 31.2 Å². The van der Waals surface area contributed by atoms with E-state index in [4.69, 9.17) is 0 Å². The van der Waals surface area contributed by atoms with Gasteiger partial charge < -0.3 is 0 Å². The molecule has 0 N–H and O–H groups in total. The summed E-state index contributed by atoms with van der Waals surface area (Å²) in [6.07, 6.45) is 3.79. The normalized spacial score (nSPS) is 22.3. The van der Waals surface area contributed by atoms with Crippen LogP contribution in [0.25, 0.3) is 0 Å². The molecule has 0 radical (unpaired) electrons. The predicted octanol–water partition coefficient (Wildman–Crippen LogP) is 2.69. The highest BCUT2D eigenvalue weighted by atomic mass is 32.1. The predicted molar refractivity (Wildman–Crippen MR) is 63.0 cm³/mol. The van der Waals surface area contributed by atoms with Crippen LogP contribution in [0.3, 0.4) is 0 Å². The van der Waals surface area contributed by atoms with Gasteiger partial charge in [0.2, 0.25) is 0 Å². The Morgan fingerprint density at radius 3 is 3.13 bits per heavy atom. The highest BCUT2D eigenvalue weighted by Gasteiger charge is 2.22. The first-order valence-corrected chi connectivity index (χ1v) is 6.43. The van der Waals surface area contributed by atoms with Crippen molar-refractivity contribution in [2.24, 2.45) is 0 Å².